The highest BCUT2D eigenvalue weighted by molar-refractivity contribution is 6.04. The summed E-state index contributed by atoms with van der Waals surface area (Å²) in [4.78, 5) is 29.2. The molecular formula is C22H23F4N3O4. The van der Waals surface area contributed by atoms with E-state index in [1.54, 1.807) is 20.8 Å². The van der Waals surface area contributed by atoms with E-state index in [1.165, 1.54) is 17.0 Å². The quantitative estimate of drug-likeness (QED) is 0.654. The van der Waals surface area contributed by atoms with E-state index in [-0.39, 0.29) is 30.0 Å². The van der Waals surface area contributed by atoms with E-state index in [4.69, 9.17) is 9.47 Å². The Balaban J connectivity index is 1.70. The number of hydrogen-bond donors (Lipinski definition) is 1. The van der Waals surface area contributed by atoms with E-state index in [9.17, 15) is 27.2 Å². The molecule has 1 aromatic carbocycles. The summed E-state index contributed by atoms with van der Waals surface area (Å²) in [6.45, 7) is 5.79. The lowest BCUT2D eigenvalue weighted by Gasteiger charge is -2.34. The zero-order valence-electron chi connectivity index (χ0n) is 18.2. The number of nitrogens with one attached hydrogen (secondary N) is 1. The molecule has 3 rings (SSSR count). The molecule has 0 saturated carbocycles. The number of amides is 2. The van der Waals surface area contributed by atoms with Crippen molar-refractivity contribution in [2.24, 2.45) is 0 Å². The highest BCUT2D eigenvalue weighted by Crippen LogP contribution is 2.29. The third kappa shape index (κ3) is 6.41. The van der Waals surface area contributed by atoms with Gasteiger partial charge < -0.3 is 19.7 Å². The maximum Gasteiger partial charge on any atom is 0.433 e. The van der Waals surface area contributed by atoms with Crippen LogP contribution in [0.15, 0.2) is 36.5 Å². The Hall–Kier alpha value is -3.21. The molecule has 1 fully saturated rings. The standard InChI is InChI=1S/C22H23F4N3O4/c1-21(2,3)33-20(31)29-8-9-32-17(12-29)15-5-4-14(11-16(15)23)28-19(30)13-6-7-27-18(10-13)22(24,25)26/h4-7,10-11,17H,8-9,12H2,1-3H3,(H,28,30). The Bertz CT molecular complexity index is 1040. The predicted octanol–water partition coefficient (Wildman–Crippen LogP) is 4.80. The fraction of sp³-hybridized carbons (Fsp3) is 0.409. The first-order chi connectivity index (χ1) is 15.3. The van der Waals surface area contributed by atoms with Crippen LogP contribution in [0, 0.1) is 5.82 Å². The van der Waals surface area contributed by atoms with Gasteiger partial charge in [0.25, 0.3) is 5.91 Å². The molecule has 0 aliphatic carbocycles. The second-order valence-corrected chi connectivity index (χ2v) is 8.40. The zero-order valence-corrected chi connectivity index (χ0v) is 18.2. The molecule has 33 heavy (non-hydrogen) atoms. The molecule has 2 heterocycles. The summed E-state index contributed by atoms with van der Waals surface area (Å²) in [6, 6.07) is 5.56. The molecule has 7 nitrogen and oxygen atoms in total. The van der Waals surface area contributed by atoms with Crippen LogP contribution in [0.25, 0.3) is 0 Å². The van der Waals surface area contributed by atoms with E-state index in [1.807, 2.05) is 0 Å². The molecule has 178 valence electrons. The number of pyridine rings is 1. The molecule has 0 radical (unpaired) electrons. The summed E-state index contributed by atoms with van der Waals surface area (Å²) in [7, 11) is 0. The lowest BCUT2D eigenvalue weighted by atomic mass is 10.1. The van der Waals surface area contributed by atoms with Crippen molar-refractivity contribution >= 4 is 17.7 Å². The normalized spacial score (nSPS) is 16.9. The van der Waals surface area contributed by atoms with Gasteiger partial charge in [0.2, 0.25) is 0 Å². The van der Waals surface area contributed by atoms with Gasteiger partial charge in [-0.05, 0) is 45.0 Å². The van der Waals surface area contributed by atoms with Crippen molar-refractivity contribution in [3.8, 4) is 0 Å². The van der Waals surface area contributed by atoms with Crippen molar-refractivity contribution in [3.63, 3.8) is 0 Å². The van der Waals surface area contributed by atoms with Gasteiger partial charge >= 0.3 is 12.3 Å². The summed E-state index contributed by atoms with van der Waals surface area (Å²) in [5.41, 5.74) is -1.94. The number of benzene rings is 1. The Labute approximate surface area is 187 Å². The molecule has 1 aliphatic heterocycles. The number of ether oxygens (including phenoxy) is 2. The number of nitrogens with zero attached hydrogens (tertiary/aromatic N) is 2. The minimum absolute atomic E-state index is 0.0476. The molecule has 1 saturated heterocycles. The fourth-order valence-electron chi connectivity index (χ4n) is 3.13. The number of rotatable bonds is 3. The first-order valence-corrected chi connectivity index (χ1v) is 10.1. The minimum Gasteiger partial charge on any atom is -0.444 e. The lowest BCUT2D eigenvalue weighted by molar-refractivity contribution is -0.141. The molecule has 1 N–H and O–H groups in total. The van der Waals surface area contributed by atoms with E-state index in [2.05, 4.69) is 10.3 Å². The summed E-state index contributed by atoms with van der Waals surface area (Å²) < 4.78 is 64.1. The largest absolute Gasteiger partial charge is 0.444 e. The van der Waals surface area contributed by atoms with Gasteiger partial charge in [0.1, 0.15) is 23.2 Å². The number of hydrogen-bond acceptors (Lipinski definition) is 5. The molecule has 1 aromatic heterocycles. The van der Waals surface area contributed by atoms with Crippen LogP contribution in [0.3, 0.4) is 0 Å². The molecule has 0 spiro atoms. The second kappa shape index (κ2) is 9.34. The molecule has 1 aliphatic rings. The monoisotopic (exact) mass is 469 g/mol. The zero-order chi connectivity index (χ0) is 24.4. The van der Waals surface area contributed by atoms with Crippen LogP contribution in [0.5, 0.6) is 0 Å². The molecule has 1 unspecified atom stereocenters. The van der Waals surface area contributed by atoms with Crippen molar-refractivity contribution in [1.29, 1.82) is 0 Å². The highest BCUT2D eigenvalue weighted by atomic mass is 19.4. The molecule has 0 bridgehead atoms. The maximum absolute atomic E-state index is 14.8. The predicted molar refractivity (Wildman–Crippen MR) is 110 cm³/mol. The Morgan fingerprint density at radius 2 is 1.91 bits per heavy atom. The van der Waals surface area contributed by atoms with E-state index in [0.29, 0.717) is 12.6 Å². The van der Waals surface area contributed by atoms with Gasteiger partial charge in [-0.3, -0.25) is 9.78 Å². The average Bonchev–Trinajstić information content (AvgIpc) is 2.72. The number of aromatic nitrogens is 1. The van der Waals surface area contributed by atoms with Crippen molar-refractivity contribution < 1.29 is 36.6 Å². The maximum atomic E-state index is 14.8. The van der Waals surface area contributed by atoms with Crippen molar-refractivity contribution in [2.75, 3.05) is 25.0 Å². The van der Waals surface area contributed by atoms with Gasteiger partial charge in [0, 0.05) is 29.6 Å². The van der Waals surface area contributed by atoms with Crippen LogP contribution in [-0.4, -0.2) is 47.2 Å². The smallest absolute Gasteiger partial charge is 0.433 e. The van der Waals surface area contributed by atoms with Crippen LogP contribution >= 0.6 is 0 Å². The molecule has 2 aromatic rings. The number of carbonyl (C=O) groups excluding carboxylic acids is 2. The summed E-state index contributed by atoms with van der Waals surface area (Å²) in [6.07, 6.45) is -5.10. The van der Waals surface area contributed by atoms with Gasteiger partial charge in [-0.15, -0.1) is 0 Å². The number of carbonyl (C=O) groups is 2. The van der Waals surface area contributed by atoms with Gasteiger partial charge in [-0.25, -0.2) is 9.18 Å². The minimum atomic E-state index is -4.70. The number of halogens is 4. The van der Waals surface area contributed by atoms with E-state index >= 15 is 0 Å². The van der Waals surface area contributed by atoms with Crippen LogP contribution in [0.4, 0.5) is 28.0 Å². The fourth-order valence-corrected chi connectivity index (χ4v) is 3.13. The van der Waals surface area contributed by atoms with E-state index in [0.717, 1.165) is 18.3 Å². The van der Waals surface area contributed by atoms with Crippen molar-refractivity contribution in [2.45, 2.75) is 38.7 Å². The average molecular weight is 469 g/mol. The molecule has 11 heteroatoms. The lowest BCUT2D eigenvalue weighted by Crippen LogP contribution is -2.44. The third-order valence-corrected chi connectivity index (χ3v) is 4.64. The number of anilines is 1. The van der Waals surface area contributed by atoms with Crippen LogP contribution in [0.2, 0.25) is 0 Å². The first-order valence-electron chi connectivity index (χ1n) is 10.1. The Morgan fingerprint density at radius 1 is 1.18 bits per heavy atom. The number of morpholine rings is 1. The first kappa shape index (κ1) is 24.4. The molecule has 2 amide bonds. The van der Waals surface area contributed by atoms with Crippen molar-refractivity contribution in [1.82, 2.24) is 9.88 Å². The van der Waals surface area contributed by atoms with Crippen molar-refractivity contribution in [3.05, 3.63) is 59.2 Å². The van der Waals surface area contributed by atoms with Crippen LogP contribution in [-0.2, 0) is 15.7 Å². The van der Waals surface area contributed by atoms with Gasteiger partial charge in [-0.1, -0.05) is 6.07 Å². The summed E-state index contributed by atoms with van der Waals surface area (Å²) in [5, 5.41) is 2.36. The van der Waals surface area contributed by atoms with Gasteiger partial charge in [0.15, 0.2) is 0 Å². The molecule has 1 atom stereocenters. The SMILES string of the molecule is CC(C)(C)OC(=O)N1CCOC(c2ccc(NC(=O)c3ccnc(C(F)(F)F)c3)cc2F)C1. The summed E-state index contributed by atoms with van der Waals surface area (Å²) >= 11 is 0. The number of alkyl halides is 3. The van der Waals surface area contributed by atoms with Gasteiger partial charge in [0.05, 0.1) is 13.2 Å². The topological polar surface area (TPSA) is 80.8 Å². The van der Waals surface area contributed by atoms with E-state index < -0.39 is 41.4 Å². The molecular weight excluding hydrogens is 446 g/mol. The van der Waals surface area contributed by atoms with Crippen LogP contribution < -0.4 is 5.32 Å². The van der Waals surface area contributed by atoms with Crippen LogP contribution in [0.1, 0.15) is 48.5 Å². The third-order valence-electron chi connectivity index (χ3n) is 4.64. The Kier molecular flexibility index (Phi) is 6.92. The Morgan fingerprint density at radius 3 is 2.55 bits per heavy atom. The van der Waals surface area contributed by atoms with Gasteiger partial charge in [-0.2, -0.15) is 13.2 Å². The summed E-state index contributed by atoms with van der Waals surface area (Å²) in [5.74, 6) is -1.55. The second-order valence-electron chi connectivity index (χ2n) is 8.40. The highest BCUT2D eigenvalue weighted by Gasteiger charge is 2.33.